The van der Waals surface area contributed by atoms with Crippen molar-refractivity contribution < 1.29 is 18.3 Å². The van der Waals surface area contributed by atoms with Crippen LogP contribution in [-0.2, 0) is 4.74 Å². The zero-order valence-corrected chi connectivity index (χ0v) is 18.7. The van der Waals surface area contributed by atoms with Crippen molar-refractivity contribution in [2.24, 2.45) is 0 Å². The van der Waals surface area contributed by atoms with Crippen LogP contribution in [0, 0.1) is 5.82 Å². The lowest BCUT2D eigenvalue weighted by Crippen LogP contribution is -2.08. The Morgan fingerprint density at radius 1 is 0.939 bits per heavy atom. The Balaban J connectivity index is 1.44. The first-order valence-electron chi connectivity index (χ1n) is 11.4. The number of fused-ring (bicyclic) bond motifs is 1. The highest BCUT2D eigenvalue weighted by molar-refractivity contribution is 5.95. The van der Waals surface area contributed by atoms with Crippen LogP contribution >= 0.6 is 0 Å². The van der Waals surface area contributed by atoms with Gasteiger partial charge in [-0.3, -0.25) is 0 Å². The van der Waals surface area contributed by atoms with Crippen molar-refractivity contribution in [3.8, 4) is 11.3 Å². The summed E-state index contributed by atoms with van der Waals surface area (Å²) in [6.07, 6.45) is 8.17. The van der Waals surface area contributed by atoms with Crippen LogP contribution in [0.25, 0.3) is 34.4 Å². The Morgan fingerprint density at radius 2 is 1.76 bits per heavy atom. The Morgan fingerprint density at radius 3 is 2.58 bits per heavy atom. The molecule has 0 atom stereocenters. The van der Waals surface area contributed by atoms with Crippen molar-refractivity contribution in [3.63, 3.8) is 0 Å². The molecule has 1 aromatic heterocycles. The number of furan rings is 1. The van der Waals surface area contributed by atoms with Gasteiger partial charge >= 0.3 is 5.97 Å². The van der Waals surface area contributed by atoms with Crippen molar-refractivity contribution in [1.82, 2.24) is 0 Å². The van der Waals surface area contributed by atoms with Crippen molar-refractivity contribution >= 4 is 29.1 Å². The van der Waals surface area contributed by atoms with E-state index in [4.69, 9.17) is 9.15 Å². The van der Waals surface area contributed by atoms with Gasteiger partial charge in [-0.15, -0.1) is 0 Å². The molecule has 4 heteroatoms. The number of hydrogen-bond donors (Lipinski definition) is 0. The van der Waals surface area contributed by atoms with Gasteiger partial charge in [-0.05, 0) is 47.9 Å². The smallest absolute Gasteiger partial charge is 0.338 e. The second kappa shape index (κ2) is 10.8. The summed E-state index contributed by atoms with van der Waals surface area (Å²) in [6.45, 7) is 2.61. The molecule has 33 heavy (non-hydrogen) atoms. The minimum Gasteiger partial charge on any atom is -0.462 e. The predicted octanol–water partition coefficient (Wildman–Crippen LogP) is 8.15. The average molecular weight is 443 g/mol. The normalized spacial score (nSPS) is 11.3. The first kappa shape index (κ1) is 22.5. The highest BCUT2D eigenvalue weighted by Gasteiger charge is 2.11. The molecule has 3 aromatic carbocycles. The Hall–Kier alpha value is -3.66. The van der Waals surface area contributed by atoms with E-state index < -0.39 is 0 Å². The minimum atomic E-state index is -0.289. The summed E-state index contributed by atoms with van der Waals surface area (Å²) >= 11 is 0. The number of ether oxygens (including phenoxy) is 1. The quantitative estimate of drug-likeness (QED) is 0.149. The molecular formula is C29H27FO3. The van der Waals surface area contributed by atoms with Crippen molar-refractivity contribution in [1.29, 1.82) is 0 Å². The first-order valence-corrected chi connectivity index (χ1v) is 11.4. The van der Waals surface area contributed by atoms with E-state index in [-0.39, 0.29) is 11.8 Å². The Bertz CT molecular complexity index is 1250. The number of rotatable bonds is 9. The largest absolute Gasteiger partial charge is 0.462 e. The third-order valence-electron chi connectivity index (χ3n) is 5.54. The molecule has 0 saturated carbocycles. The van der Waals surface area contributed by atoms with Gasteiger partial charge in [-0.25, -0.2) is 9.18 Å². The van der Waals surface area contributed by atoms with Gasteiger partial charge in [0.15, 0.2) is 0 Å². The van der Waals surface area contributed by atoms with E-state index in [0.717, 1.165) is 47.8 Å². The molecule has 1 heterocycles. The van der Waals surface area contributed by atoms with Crippen molar-refractivity contribution in [2.45, 2.75) is 32.6 Å². The van der Waals surface area contributed by atoms with Gasteiger partial charge in [0.1, 0.15) is 17.2 Å². The van der Waals surface area contributed by atoms with Crippen LogP contribution in [-0.4, -0.2) is 12.6 Å². The molecule has 0 aliphatic carbocycles. The summed E-state index contributed by atoms with van der Waals surface area (Å²) in [5, 5.41) is 0.739. The van der Waals surface area contributed by atoms with E-state index in [1.165, 1.54) is 12.1 Å². The van der Waals surface area contributed by atoms with Gasteiger partial charge in [0.2, 0.25) is 0 Å². The van der Waals surface area contributed by atoms with Crippen LogP contribution in [0.15, 0.2) is 77.2 Å². The summed E-state index contributed by atoms with van der Waals surface area (Å²) in [4.78, 5) is 12.5. The number of esters is 1. The maximum atomic E-state index is 13.4. The summed E-state index contributed by atoms with van der Waals surface area (Å²) < 4.78 is 24.7. The first-order chi connectivity index (χ1) is 16.1. The molecule has 4 rings (SSSR count). The molecule has 0 N–H and O–H groups in total. The van der Waals surface area contributed by atoms with Gasteiger partial charge in [-0.1, -0.05) is 80.8 Å². The molecule has 0 bridgehead atoms. The van der Waals surface area contributed by atoms with Gasteiger partial charge in [0.05, 0.1) is 12.2 Å². The van der Waals surface area contributed by atoms with Crippen LogP contribution in [0.5, 0.6) is 0 Å². The molecule has 0 amide bonds. The summed E-state index contributed by atoms with van der Waals surface area (Å²) in [6, 6.07) is 21.7. The van der Waals surface area contributed by atoms with Gasteiger partial charge < -0.3 is 9.15 Å². The second-order valence-corrected chi connectivity index (χ2v) is 8.03. The van der Waals surface area contributed by atoms with E-state index in [9.17, 15) is 9.18 Å². The van der Waals surface area contributed by atoms with E-state index >= 15 is 0 Å². The zero-order chi connectivity index (χ0) is 23.0. The molecular weight excluding hydrogens is 415 g/mol. The molecule has 0 fully saturated rings. The summed E-state index contributed by atoms with van der Waals surface area (Å²) in [5.41, 5.74) is 3.94. The fraction of sp³-hybridized carbons (Fsp3) is 0.207. The number of carbonyl (C=O) groups is 1. The van der Waals surface area contributed by atoms with E-state index in [2.05, 4.69) is 6.92 Å². The molecule has 3 nitrogen and oxygen atoms in total. The highest BCUT2D eigenvalue weighted by atomic mass is 19.1. The molecule has 0 spiro atoms. The number of carbonyl (C=O) groups excluding carboxylic acids is 1. The van der Waals surface area contributed by atoms with Crippen LogP contribution in [0.1, 0.15) is 54.1 Å². The fourth-order valence-corrected chi connectivity index (χ4v) is 3.70. The molecule has 168 valence electrons. The van der Waals surface area contributed by atoms with Crippen LogP contribution in [0.3, 0.4) is 0 Å². The number of benzene rings is 3. The average Bonchev–Trinajstić information content (AvgIpc) is 3.26. The van der Waals surface area contributed by atoms with Crippen molar-refractivity contribution in [2.75, 3.05) is 6.61 Å². The van der Waals surface area contributed by atoms with Crippen LogP contribution in [0.4, 0.5) is 4.39 Å². The third-order valence-corrected chi connectivity index (χ3v) is 5.54. The molecule has 0 aliphatic heterocycles. The molecule has 0 unspecified atom stereocenters. The SMILES string of the molecule is CCCCCCOC(=O)c1ccccc1C=Cc1ccc(-c2cc3cc(F)ccc3o2)cc1. The standard InChI is InChI=1S/C29H27FO3/c1-2-3-4-7-18-32-29(31)26-9-6-5-8-22(26)13-10-21-11-14-23(15-12-21)28-20-24-19-25(30)16-17-27(24)33-28/h5-6,8-17,19-20H,2-4,7,18H2,1H3. The Labute approximate surface area is 193 Å². The number of unbranched alkanes of at least 4 members (excludes halogenated alkanes) is 3. The van der Waals surface area contributed by atoms with Gasteiger partial charge in [0.25, 0.3) is 0 Å². The van der Waals surface area contributed by atoms with E-state index in [1.54, 1.807) is 12.1 Å². The minimum absolute atomic E-state index is 0.281. The van der Waals surface area contributed by atoms with Gasteiger partial charge in [0, 0.05) is 10.9 Å². The third kappa shape index (κ3) is 5.78. The summed E-state index contributed by atoms with van der Waals surface area (Å²) in [7, 11) is 0. The molecule has 0 saturated heterocycles. The number of hydrogen-bond acceptors (Lipinski definition) is 3. The molecule has 0 radical (unpaired) electrons. The monoisotopic (exact) mass is 442 g/mol. The van der Waals surface area contributed by atoms with E-state index in [0.29, 0.717) is 23.5 Å². The lowest BCUT2D eigenvalue weighted by atomic mass is 10.0. The van der Waals surface area contributed by atoms with Crippen LogP contribution < -0.4 is 0 Å². The fourth-order valence-electron chi connectivity index (χ4n) is 3.70. The van der Waals surface area contributed by atoms with Crippen molar-refractivity contribution in [3.05, 3.63) is 95.3 Å². The maximum absolute atomic E-state index is 13.4. The highest BCUT2D eigenvalue weighted by Crippen LogP contribution is 2.28. The number of halogens is 1. The summed E-state index contributed by atoms with van der Waals surface area (Å²) in [5.74, 6) is 0.123. The lowest BCUT2D eigenvalue weighted by Gasteiger charge is -2.07. The predicted molar refractivity (Wildman–Crippen MR) is 131 cm³/mol. The maximum Gasteiger partial charge on any atom is 0.338 e. The zero-order valence-electron chi connectivity index (χ0n) is 18.7. The van der Waals surface area contributed by atoms with Gasteiger partial charge in [-0.2, -0.15) is 0 Å². The van der Waals surface area contributed by atoms with E-state index in [1.807, 2.05) is 60.7 Å². The molecule has 4 aromatic rings. The Kier molecular flexibility index (Phi) is 7.36. The lowest BCUT2D eigenvalue weighted by molar-refractivity contribution is 0.0497. The second-order valence-electron chi connectivity index (χ2n) is 8.03. The topological polar surface area (TPSA) is 39.4 Å². The van der Waals surface area contributed by atoms with Crippen LogP contribution in [0.2, 0.25) is 0 Å². The molecule has 0 aliphatic rings.